The third-order valence-corrected chi connectivity index (χ3v) is 5.97. The van der Waals surface area contributed by atoms with Crippen LogP contribution in [0.25, 0.3) is 0 Å². The number of hydrogen-bond donors (Lipinski definition) is 2. The van der Waals surface area contributed by atoms with Gasteiger partial charge in [-0.25, -0.2) is 13.1 Å². The van der Waals surface area contributed by atoms with Gasteiger partial charge in [-0.15, -0.1) is 0 Å². The fourth-order valence-electron chi connectivity index (χ4n) is 2.87. The molecule has 7 nitrogen and oxygen atoms in total. The number of nitrogens with one attached hydrogen (secondary N) is 1. The molecule has 1 saturated carbocycles. The molecule has 122 valence electrons. The van der Waals surface area contributed by atoms with Crippen molar-refractivity contribution in [1.29, 1.82) is 0 Å². The fourth-order valence-corrected chi connectivity index (χ4v) is 4.58. The minimum absolute atomic E-state index is 0.185. The van der Waals surface area contributed by atoms with E-state index in [4.69, 9.17) is 5.73 Å². The van der Waals surface area contributed by atoms with E-state index >= 15 is 0 Å². The fraction of sp³-hybridized carbons (Fsp3) is 0.571. The molecule has 0 saturated heterocycles. The second kappa shape index (κ2) is 5.94. The molecule has 1 aromatic rings. The minimum Gasteiger partial charge on any atom is -0.329 e. The van der Waals surface area contributed by atoms with E-state index < -0.39 is 26.2 Å². The Labute approximate surface area is 130 Å². The zero-order chi connectivity index (χ0) is 16.5. The zero-order valence-electron chi connectivity index (χ0n) is 12.8. The van der Waals surface area contributed by atoms with Gasteiger partial charge in [0.1, 0.15) is 0 Å². The summed E-state index contributed by atoms with van der Waals surface area (Å²) in [6.45, 7) is 3.63. The van der Waals surface area contributed by atoms with Crippen LogP contribution in [0.5, 0.6) is 0 Å². The van der Waals surface area contributed by atoms with Crippen LogP contribution in [0.2, 0.25) is 0 Å². The molecule has 0 spiro atoms. The van der Waals surface area contributed by atoms with Crippen molar-refractivity contribution in [1.82, 2.24) is 4.72 Å². The van der Waals surface area contributed by atoms with Crippen molar-refractivity contribution in [2.75, 3.05) is 6.54 Å². The van der Waals surface area contributed by atoms with Crippen molar-refractivity contribution in [3.63, 3.8) is 0 Å². The average Bonchev–Trinajstić information content (AvgIpc) is 2.89. The summed E-state index contributed by atoms with van der Waals surface area (Å²) in [5.74, 6) is 0. The van der Waals surface area contributed by atoms with Crippen molar-refractivity contribution in [3.05, 3.63) is 33.4 Å². The number of nitro groups is 1. The lowest BCUT2D eigenvalue weighted by atomic mass is 10.0. The Bertz CT molecular complexity index is 694. The molecule has 0 radical (unpaired) electrons. The molecule has 0 atom stereocenters. The van der Waals surface area contributed by atoms with Gasteiger partial charge in [-0.2, -0.15) is 0 Å². The maximum Gasteiger partial charge on any atom is 0.289 e. The predicted octanol–water partition coefficient (Wildman–Crippen LogP) is 1.76. The van der Waals surface area contributed by atoms with Crippen molar-refractivity contribution in [2.45, 2.75) is 50.0 Å². The molecule has 2 rings (SSSR count). The highest BCUT2D eigenvalue weighted by molar-refractivity contribution is 7.89. The number of nitrogens with two attached hydrogens (primary N) is 1. The molecule has 0 heterocycles. The monoisotopic (exact) mass is 327 g/mol. The smallest absolute Gasteiger partial charge is 0.289 e. The maximum atomic E-state index is 12.7. The topological polar surface area (TPSA) is 115 Å². The van der Waals surface area contributed by atoms with Gasteiger partial charge in [0, 0.05) is 18.2 Å². The number of nitrogens with zero attached hydrogens (tertiary/aromatic N) is 1. The number of benzene rings is 1. The van der Waals surface area contributed by atoms with E-state index in [0.29, 0.717) is 24.0 Å². The van der Waals surface area contributed by atoms with E-state index in [2.05, 4.69) is 4.72 Å². The molecule has 1 aromatic carbocycles. The van der Waals surface area contributed by atoms with Crippen LogP contribution in [0.4, 0.5) is 5.69 Å². The molecule has 0 unspecified atom stereocenters. The summed E-state index contributed by atoms with van der Waals surface area (Å²) in [6.07, 6.45) is 3.10. The molecule has 8 heteroatoms. The summed E-state index contributed by atoms with van der Waals surface area (Å²) < 4.78 is 28.0. The zero-order valence-corrected chi connectivity index (χ0v) is 13.6. The molecule has 1 fully saturated rings. The van der Waals surface area contributed by atoms with Crippen LogP contribution in [0.1, 0.15) is 36.8 Å². The van der Waals surface area contributed by atoms with Crippen LogP contribution in [0.15, 0.2) is 17.0 Å². The molecule has 1 aliphatic rings. The largest absolute Gasteiger partial charge is 0.329 e. The summed E-state index contributed by atoms with van der Waals surface area (Å²) in [6, 6.07) is 2.66. The van der Waals surface area contributed by atoms with Crippen LogP contribution in [-0.2, 0) is 10.0 Å². The van der Waals surface area contributed by atoms with E-state index in [1.54, 1.807) is 13.8 Å². The van der Waals surface area contributed by atoms with Gasteiger partial charge in [-0.3, -0.25) is 10.1 Å². The first-order valence-electron chi connectivity index (χ1n) is 7.20. The van der Waals surface area contributed by atoms with Crippen LogP contribution in [0, 0.1) is 24.0 Å². The first kappa shape index (κ1) is 16.9. The summed E-state index contributed by atoms with van der Waals surface area (Å²) in [5, 5.41) is 11.2. The molecule has 0 aromatic heterocycles. The van der Waals surface area contributed by atoms with E-state index in [0.717, 1.165) is 12.8 Å². The van der Waals surface area contributed by atoms with Crippen molar-refractivity contribution in [2.24, 2.45) is 5.73 Å². The molecule has 0 bridgehead atoms. The van der Waals surface area contributed by atoms with Crippen molar-refractivity contribution >= 4 is 15.7 Å². The highest BCUT2D eigenvalue weighted by Crippen LogP contribution is 2.33. The Kier molecular flexibility index (Phi) is 4.55. The van der Waals surface area contributed by atoms with Gasteiger partial charge in [0.2, 0.25) is 10.0 Å². The van der Waals surface area contributed by atoms with Crippen LogP contribution in [0.3, 0.4) is 0 Å². The number of hydrogen-bond acceptors (Lipinski definition) is 5. The second-order valence-electron chi connectivity index (χ2n) is 5.96. The van der Waals surface area contributed by atoms with Crippen LogP contribution < -0.4 is 10.5 Å². The number of sulfonamides is 1. The molecule has 0 amide bonds. The second-order valence-corrected chi connectivity index (χ2v) is 7.61. The normalized spacial score (nSPS) is 17.6. The maximum absolute atomic E-state index is 12.7. The van der Waals surface area contributed by atoms with Crippen LogP contribution in [-0.4, -0.2) is 25.4 Å². The minimum atomic E-state index is -4.00. The Hall–Kier alpha value is -1.51. The number of rotatable bonds is 5. The molecule has 22 heavy (non-hydrogen) atoms. The summed E-state index contributed by atoms with van der Waals surface area (Å²) >= 11 is 0. The van der Waals surface area contributed by atoms with Crippen LogP contribution >= 0.6 is 0 Å². The van der Waals surface area contributed by atoms with Gasteiger partial charge in [-0.05, 0) is 43.9 Å². The van der Waals surface area contributed by atoms with Gasteiger partial charge in [-0.1, -0.05) is 12.8 Å². The Morgan fingerprint density at radius 1 is 1.27 bits per heavy atom. The summed E-state index contributed by atoms with van der Waals surface area (Å²) in [5.41, 5.74) is 6.03. The standard InChI is InChI=1S/C14H21N3O4S/c1-10-7-12(17(18)19)13(8-11(10)2)22(20,21)16-14(9-15)5-3-4-6-14/h7-8,16H,3-6,9,15H2,1-2H3. The first-order valence-corrected chi connectivity index (χ1v) is 8.69. The van der Waals surface area contributed by atoms with E-state index in [-0.39, 0.29) is 11.4 Å². The highest BCUT2D eigenvalue weighted by Gasteiger charge is 2.39. The number of aryl methyl sites for hydroxylation is 2. The third kappa shape index (κ3) is 3.13. The quantitative estimate of drug-likeness (QED) is 0.631. The number of nitro benzene ring substituents is 1. The van der Waals surface area contributed by atoms with Gasteiger partial charge in [0.15, 0.2) is 4.90 Å². The van der Waals surface area contributed by atoms with Crippen molar-refractivity contribution in [3.8, 4) is 0 Å². The highest BCUT2D eigenvalue weighted by atomic mass is 32.2. The first-order chi connectivity index (χ1) is 10.2. The molecular weight excluding hydrogens is 306 g/mol. The lowest BCUT2D eigenvalue weighted by molar-refractivity contribution is -0.387. The third-order valence-electron chi connectivity index (χ3n) is 4.36. The van der Waals surface area contributed by atoms with E-state index in [9.17, 15) is 18.5 Å². The Balaban J connectivity index is 2.49. The predicted molar refractivity (Wildman–Crippen MR) is 83.1 cm³/mol. The summed E-state index contributed by atoms with van der Waals surface area (Å²) in [7, 11) is -4.00. The lowest BCUT2D eigenvalue weighted by Gasteiger charge is -2.28. The van der Waals surface area contributed by atoms with Gasteiger partial charge in [0.25, 0.3) is 5.69 Å². The lowest BCUT2D eigenvalue weighted by Crippen LogP contribution is -2.51. The SMILES string of the molecule is Cc1cc([N+](=O)[O-])c(S(=O)(=O)NC2(CN)CCCC2)cc1C. The Morgan fingerprint density at radius 2 is 1.82 bits per heavy atom. The molecule has 0 aliphatic heterocycles. The van der Waals surface area contributed by atoms with E-state index in [1.165, 1.54) is 12.1 Å². The van der Waals surface area contributed by atoms with Crippen molar-refractivity contribution < 1.29 is 13.3 Å². The van der Waals surface area contributed by atoms with E-state index in [1.807, 2.05) is 0 Å². The van der Waals surface area contributed by atoms with Gasteiger partial charge >= 0.3 is 0 Å². The molecule has 1 aliphatic carbocycles. The van der Waals surface area contributed by atoms with Gasteiger partial charge in [0.05, 0.1) is 4.92 Å². The summed E-state index contributed by atoms with van der Waals surface area (Å²) in [4.78, 5) is 10.3. The average molecular weight is 327 g/mol. The van der Waals surface area contributed by atoms with Gasteiger partial charge < -0.3 is 5.73 Å². The molecular formula is C14H21N3O4S. The molecule has 3 N–H and O–H groups in total. The Morgan fingerprint density at radius 3 is 2.32 bits per heavy atom.